The number of aryl methyl sites for hydroxylation is 2. The minimum atomic E-state index is 0. The molecule has 0 aliphatic heterocycles. The fourth-order valence-electron chi connectivity index (χ4n) is 3.53. The monoisotopic (exact) mass is 414 g/mol. The predicted molar refractivity (Wildman–Crippen MR) is 105 cm³/mol. The van der Waals surface area contributed by atoms with Crippen LogP contribution in [0.2, 0.25) is 0 Å². The Hall–Kier alpha value is -0.310. The SMILES string of the molecule is CCCCCCCCCCCCCCCCCCc1[nH]cc[n+]1C.[Br-]. The summed E-state index contributed by atoms with van der Waals surface area (Å²) in [6.07, 6.45) is 28.4. The Balaban J connectivity index is 0.00000576. The fourth-order valence-corrected chi connectivity index (χ4v) is 3.53. The van der Waals surface area contributed by atoms with E-state index in [2.05, 4.69) is 29.7 Å². The van der Waals surface area contributed by atoms with Gasteiger partial charge in [-0.05, 0) is 6.42 Å². The molecule has 1 rings (SSSR count). The maximum atomic E-state index is 3.32. The molecule has 1 N–H and O–H groups in total. The van der Waals surface area contributed by atoms with Crippen LogP contribution in [0.1, 0.15) is 115 Å². The van der Waals surface area contributed by atoms with E-state index in [1.807, 2.05) is 6.20 Å². The summed E-state index contributed by atoms with van der Waals surface area (Å²) in [5, 5.41) is 0. The second-order valence-corrected chi connectivity index (χ2v) is 7.57. The van der Waals surface area contributed by atoms with Crippen LogP contribution in [0.25, 0.3) is 0 Å². The van der Waals surface area contributed by atoms with Crippen molar-refractivity contribution in [2.24, 2.45) is 7.05 Å². The van der Waals surface area contributed by atoms with E-state index in [4.69, 9.17) is 0 Å². The Morgan fingerprint density at radius 1 is 0.680 bits per heavy atom. The lowest BCUT2D eigenvalue weighted by Crippen LogP contribution is -3.00. The van der Waals surface area contributed by atoms with Crippen LogP contribution in [0.5, 0.6) is 0 Å². The van der Waals surface area contributed by atoms with Crippen molar-refractivity contribution in [3.8, 4) is 0 Å². The molecule has 0 bridgehead atoms. The largest absolute Gasteiger partial charge is 1.00 e. The Labute approximate surface area is 168 Å². The normalized spacial score (nSPS) is 10.8. The van der Waals surface area contributed by atoms with Gasteiger partial charge in [0.2, 0.25) is 0 Å². The van der Waals surface area contributed by atoms with Gasteiger partial charge in [-0.1, -0.05) is 103 Å². The van der Waals surface area contributed by atoms with Gasteiger partial charge in [-0.2, -0.15) is 0 Å². The van der Waals surface area contributed by atoms with Crippen molar-refractivity contribution in [3.05, 3.63) is 18.2 Å². The van der Waals surface area contributed by atoms with Crippen molar-refractivity contribution in [2.75, 3.05) is 0 Å². The van der Waals surface area contributed by atoms with Crippen LogP contribution in [0.15, 0.2) is 12.4 Å². The fraction of sp³-hybridized carbons (Fsp3) is 0.864. The van der Waals surface area contributed by atoms with E-state index in [0.717, 1.165) is 0 Å². The maximum absolute atomic E-state index is 3.32. The van der Waals surface area contributed by atoms with Crippen LogP contribution in [0.3, 0.4) is 0 Å². The molecule has 2 nitrogen and oxygen atoms in total. The lowest BCUT2D eigenvalue weighted by molar-refractivity contribution is -0.677. The highest BCUT2D eigenvalue weighted by Crippen LogP contribution is 2.13. The number of imidazole rings is 1. The first-order valence-corrected chi connectivity index (χ1v) is 10.9. The molecule has 0 aromatic carbocycles. The Morgan fingerprint density at radius 2 is 1.08 bits per heavy atom. The molecule has 0 aliphatic rings. The molecule has 0 unspecified atom stereocenters. The first-order valence-electron chi connectivity index (χ1n) is 10.9. The minimum absolute atomic E-state index is 0. The van der Waals surface area contributed by atoms with E-state index < -0.39 is 0 Å². The van der Waals surface area contributed by atoms with E-state index in [-0.39, 0.29) is 17.0 Å². The topological polar surface area (TPSA) is 19.7 Å². The van der Waals surface area contributed by atoms with Crippen LogP contribution < -0.4 is 21.5 Å². The third kappa shape index (κ3) is 14.5. The van der Waals surface area contributed by atoms with Gasteiger partial charge in [0.25, 0.3) is 5.82 Å². The highest BCUT2D eigenvalue weighted by molar-refractivity contribution is 4.76. The van der Waals surface area contributed by atoms with Crippen molar-refractivity contribution in [1.29, 1.82) is 0 Å². The predicted octanol–water partition coefficient (Wildman–Crippen LogP) is 3.65. The second-order valence-electron chi connectivity index (χ2n) is 7.57. The summed E-state index contributed by atoms with van der Waals surface area (Å²) in [6.45, 7) is 2.30. The first-order chi connectivity index (χ1) is 11.8. The van der Waals surface area contributed by atoms with Crippen molar-refractivity contribution in [1.82, 2.24) is 4.98 Å². The van der Waals surface area contributed by atoms with Gasteiger partial charge in [0.15, 0.2) is 0 Å². The Morgan fingerprint density at radius 3 is 1.44 bits per heavy atom. The van der Waals surface area contributed by atoms with Gasteiger partial charge in [-0.3, -0.25) is 0 Å². The number of rotatable bonds is 17. The van der Waals surface area contributed by atoms with E-state index in [1.165, 1.54) is 115 Å². The van der Waals surface area contributed by atoms with Crippen LogP contribution in [-0.4, -0.2) is 4.98 Å². The molecule has 148 valence electrons. The third-order valence-corrected chi connectivity index (χ3v) is 5.24. The number of hydrogen-bond donors (Lipinski definition) is 1. The van der Waals surface area contributed by atoms with Crippen LogP contribution in [0.4, 0.5) is 0 Å². The number of nitrogens with one attached hydrogen (secondary N) is 1. The van der Waals surface area contributed by atoms with E-state index in [0.29, 0.717) is 0 Å². The molecular formula is C22H43BrN2. The van der Waals surface area contributed by atoms with Crippen LogP contribution in [0, 0.1) is 0 Å². The molecule has 1 aromatic rings. The van der Waals surface area contributed by atoms with Crippen molar-refractivity contribution in [2.45, 2.75) is 116 Å². The van der Waals surface area contributed by atoms with E-state index in [1.54, 1.807) is 0 Å². The van der Waals surface area contributed by atoms with Crippen molar-refractivity contribution < 1.29 is 21.5 Å². The number of aromatic nitrogens is 2. The maximum Gasteiger partial charge on any atom is 0.253 e. The highest BCUT2D eigenvalue weighted by atomic mass is 79.9. The number of aromatic amines is 1. The zero-order valence-electron chi connectivity index (χ0n) is 17.0. The molecule has 0 saturated heterocycles. The number of H-pyrrole nitrogens is 1. The van der Waals surface area contributed by atoms with E-state index >= 15 is 0 Å². The number of unbranched alkanes of at least 4 members (excludes halogenated alkanes) is 15. The molecule has 1 heterocycles. The minimum Gasteiger partial charge on any atom is -1.00 e. The van der Waals surface area contributed by atoms with Crippen LogP contribution >= 0.6 is 0 Å². The molecule has 0 aliphatic carbocycles. The van der Waals surface area contributed by atoms with Gasteiger partial charge >= 0.3 is 0 Å². The number of halogens is 1. The lowest BCUT2D eigenvalue weighted by atomic mass is 10.0. The number of hydrogen-bond acceptors (Lipinski definition) is 0. The summed E-state index contributed by atoms with van der Waals surface area (Å²) in [5.74, 6) is 1.36. The van der Waals surface area contributed by atoms with Gasteiger partial charge in [-0.15, -0.1) is 0 Å². The standard InChI is InChI=1S/C22H42N2.BrH/c1-3-4-5-6-7-8-9-10-11-12-13-14-15-16-17-18-19-22-23-20-21-24(22)2;/h20-21H,3-19H2,1-2H3;1H. The highest BCUT2D eigenvalue weighted by Gasteiger charge is 2.04. The molecule has 0 radical (unpaired) electrons. The molecule has 0 amide bonds. The average Bonchev–Trinajstić information content (AvgIpc) is 2.99. The summed E-state index contributed by atoms with van der Waals surface area (Å²) < 4.78 is 2.20. The smallest absolute Gasteiger partial charge is 0.253 e. The molecule has 1 aromatic heterocycles. The van der Waals surface area contributed by atoms with Gasteiger partial charge in [0, 0.05) is 6.42 Å². The molecule has 25 heavy (non-hydrogen) atoms. The number of nitrogens with zero attached hydrogens (tertiary/aromatic N) is 1. The molecule has 3 heteroatoms. The van der Waals surface area contributed by atoms with Crippen molar-refractivity contribution in [3.63, 3.8) is 0 Å². The second kappa shape index (κ2) is 18.5. The lowest BCUT2D eigenvalue weighted by Gasteiger charge is -2.03. The molecule has 0 saturated carbocycles. The molecule has 0 spiro atoms. The van der Waals surface area contributed by atoms with Gasteiger partial charge in [-0.25, -0.2) is 9.55 Å². The molecule has 0 atom stereocenters. The molecule has 0 fully saturated rings. The summed E-state index contributed by atoms with van der Waals surface area (Å²) in [4.78, 5) is 3.32. The Bertz CT molecular complexity index is 376. The first kappa shape index (κ1) is 24.7. The van der Waals surface area contributed by atoms with Gasteiger partial charge in [0.1, 0.15) is 12.4 Å². The van der Waals surface area contributed by atoms with Gasteiger partial charge < -0.3 is 17.0 Å². The summed E-state index contributed by atoms with van der Waals surface area (Å²) in [7, 11) is 2.12. The van der Waals surface area contributed by atoms with Crippen LogP contribution in [-0.2, 0) is 13.5 Å². The quantitative estimate of drug-likeness (QED) is 0.296. The van der Waals surface area contributed by atoms with E-state index in [9.17, 15) is 0 Å². The van der Waals surface area contributed by atoms with Crippen molar-refractivity contribution >= 4 is 0 Å². The Kier molecular flexibility index (Phi) is 18.3. The van der Waals surface area contributed by atoms with Gasteiger partial charge in [0.05, 0.1) is 7.05 Å². The summed E-state index contributed by atoms with van der Waals surface area (Å²) in [5.41, 5.74) is 0. The average molecular weight is 416 g/mol. The molecular weight excluding hydrogens is 372 g/mol. The summed E-state index contributed by atoms with van der Waals surface area (Å²) in [6, 6.07) is 0. The zero-order chi connectivity index (χ0) is 17.3. The summed E-state index contributed by atoms with van der Waals surface area (Å²) >= 11 is 0. The third-order valence-electron chi connectivity index (χ3n) is 5.24. The zero-order valence-corrected chi connectivity index (χ0v) is 18.6.